The molecule has 112 valence electrons. The van der Waals surface area contributed by atoms with Gasteiger partial charge in [0.25, 0.3) is 0 Å². The van der Waals surface area contributed by atoms with Crippen molar-refractivity contribution in [3.8, 4) is 5.75 Å². The molecule has 0 aliphatic carbocycles. The number of anilines is 1. The van der Waals surface area contributed by atoms with E-state index in [1.807, 2.05) is 31.2 Å². The van der Waals surface area contributed by atoms with Gasteiger partial charge in [-0.25, -0.2) is 0 Å². The molecule has 1 aliphatic heterocycles. The first-order valence-electron chi connectivity index (χ1n) is 7.28. The normalized spacial score (nSPS) is 17.5. The molecule has 0 bridgehead atoms. The van der Waals surface area contributed by atoms with E-state index in [2.05, 4.69) is 17.0 Å². The maximum Gasteiger partial charge on any atom is 0.143 e. The molecule has 0 saturated heterocycles. The van der Waals surface area contributed by atoms with E-state index in [-0.39, 0.29) is 12.7 Å². The highest BCUT2D eigenvalue weighted by atomic mass is 16.5. The van der Waals surface area contributed by atoms with Crippen molar-refractivity contribution in [1.29, 1.82) is 0 Å². The number of hydrogen-bond donors (Lipinski definition) is 1. The Kier molecular flexibility index (Phi) is 3.84. The van der Waals surface area contributed by atoms with Crippen LogP contribution in [0.25, 0.3) is 0 Å². The van der Waals surface area contributed by atoms with Gasteiger partial charge in [0.05, 0.1) is 24.5 Å². The van der Waals surface area contributed by atoms with Crippen LogP contribution in [-0.4, -0.2) is 29.5 Å². The number of para-hydroxylation sites is 2. The SMILES string of the molecule is CCc1noc(C)c1CN1CC(CO)Oc2ccccc21. The number of hydrogen-bond acceptors (Lipinski definition) is 5. The van der Waals surface area contributed by atoms with Crippen LogP contribution in [0.4, 0.5) is 5.69 Å². The van der Waals surface area contributed by atoms with Crippen LogP contribution in [-0.2, 0) is 13.0 Å². The van der Waals surface area contributed by atoms with Crippen LogP contribution in [0.1, 0.15) is 23.9 Å². The first-order valence-corrected chi connectivity index (χ1v) is 7.28. The summed E-state index contributed by atoms with van der Waals surface area (Å²) in [6, 6.07) is 7.91. The van der Waals surface area contributed by atoms with E-state index in [1.165, 1.54) is 0 Å². The van der Waals surface area contributed by atoms with Gasteiger partial charge in [-0.05, 0) is 25.5 Å². The van der Waals surface area contributed by atoms with Crippen molar-refractivity contribution in [2.45, 2.75) is 32.9 Å². The van der Waals surface area contributed by atoms with Gasteiger partial charge in [0, 0.05) is 12.1 Å². The Labute approximate surface area is 124 Å². The second-order valence-corrected chi connectivity index (χ2v) is 5.29. The minimum atomic E-state index is -0.204. The molecular weight excluding hydrogens is 268 g/mol. The average Bonchev–Trinajstić information content (AvgIpc) is 2.87. The summed E-state index contributed by atoms with van der Waals surface area (Å²) in [5.41, 5.74) is 3.17. The lowest BCUT2D eigenvalue weighted by Crippen LogP contribution is -2.41. The summed E-state index contributed by atoms with van der Waals surface area (Å²) in [7, 11) is 0. The molecule has 0 radical (unpaired) electrons. The molecule has 21 heavy (non-hydrogen) atoms. The van der Waals surface area contributed by atoms with Crippen LogP contribution >= 0.6 is 0 Å². The highest BCUT2D eigenvalue weighted by Crippen LogP contribution is 2.34. The summed E-state index contributed by atoms with van der Waals surface area (Å²) in [6.45, 7) is 5.40. The van der Waals surface area contributed by atoms with E-state index in [0.29, 0.717) is 6.54 Å². The Balaban J connectivity index is 1.92. The van der Waals surface area contributed by atoms with Crippen molar-refractivity contribution < 1.29 is 14.4 Å². The first kappa shape index (κ1) is 13.9. The van der Waals surface area contributed by atoms with Gasteiger partial charge in [-0.15, -0.1) is 0 Å². The summed E-state index contributed by atoms with van der Waals surface area (Å²) in [4.78, 5) is 2.22. The number of aliphatic hydroxyl groups excluding tert-OH is 1. The predicted molar refractivity (Wildman–Crippen MR) is 79.6 cm³/mol. The third-order valence-corrected chi connectivity index (χ3v) is 3.88. The number of aliphatic hydroxyl groups is 1. The van der Waals surface area contributed by atoms with Crippen LogP contribution in [0, 0.1) is 6.92 Å². The van der Waals surface area contributed by atoms with E-state index < -0.39 is 0 Å². The van der Waals surface area contributed by atoms with Crippen molar-refractivity contribution in [2.75, 3.05) is 18.1 Å². The predicted octanol–water partition coefficient (Wildman–Crippen LogP) is 2.31. The first-order chi connectivity index (χ1) is 10.2. The van der Waals surface area contributed by atoms with Gasteiger partial charge in [-0.1, -0.05) is 24.2 Å². The lowest BCUT2D eigenvalue weighted by Gasteiger charge is -2.35. The molecule has 0 saturated carbocycles. The molecule has 2 aromatic rings. The quantitative estimate of drug-likeness (QED) is 0.935. The van der Waals surface area contributed by atoms with Crippen molar-refractivity contribution in [3.63, 3.8) is 0 Å². The summed E-state index contributed by atoms with van der Waals surface area (Å²) in [5, 5.41) is 13.5. The second-order valence-electron chi connectivity index (χ2n) is 5.29. The topological polar surface area (TPSA) is 58.7 Å². The Morgan fingerprint density at radius 2 is 2.19 bits per heavy atom. The zero-order valence-electron chi connectivity index (χ0n) is 12.4. The Hall–Kier alpha value is -2.01. The highest BCUT2D eigenvalue weighted by Gasteiger charge is 2.26. The number of aromatic nitrogens is 1. The zero-order valence-corrected chi connectivity index (χ0v) is 12.4. The van der Waals surface area contributed by atoms with E-state index in [4.69, 9.17) is 9.26 Å². The minimum absolute atomic E-state index is 0.00802. The second kappa shape index (κ2) is 5.77. The molecule has 1 N–H and O–H groups in total. The molecule has 1 aliphatic rings. The Bertz CT molecular complexity index is 624. The molecule has 1 unspecified atom stereocenters. The largest absolute Gasteiger partial charge is 0.484 e. The van der Waals surface area contributed by atoms with Gasteiger partial charge in [0.15, 0.2) is 0 Å². The van der Waals surface area contributed by atoms with Crippen LogP contribution in [0.3, 0.4) is 0 Å². The Morgan fingerprint density at radius 3 is 2.95 bits per heavy atom. The van der Waals surface area contributed by atoms with Crippen molar-refractivity contribution in [3.05, 3.63) is 41.3 Å². The summed E-state index contributed by atoms with van der Waals surface area (Å²) in [6.07, 6.45) is 0.646. The fourth-order valence-corrected chi connectivity index (χ4v) is 2.73. The van der Waals surface area contributed by atoms with Gasteiger partial charge >= 0.3 is 0 Å². The summed E-state index contributed by atoms with van der Waals surface area (Å²) < 4.78 is 11.1. The van der Waals surface area contributed by atoms with E-state index in [0.717, 1.165) is 41.4 Å². The average molecular weight is 288 g/mol. The molecule has 0 spiro atoms. The molecule has 5 nitrogen and oxygen atoms in total. The van der Waals surface area contributed by atoms with Crippen LogP contribution in [0.15, 0.2) is 28.8 Å². The standard InChI is InChI=1S/C16H20N2O3/c1-3-14-13(11(2)21-17-14)9-18-8-12(10-19)20-16-7-5-4-6-15(16)18/h4-7,12,19H,3,8-10H2,1-2H3. The number of rotatable bonds is 4. The van der Waals surface area contributed by atoms with Crippen molar-refractivity contribution in [2.24, 2.45) is 0 Å². The van der Waals surface area contributed by atoms with E-state index >= 15 is 0 Å². The molecule has 0 fully saturated rings. The fourth-order valence-electron chi connectivity index (χ4n) is 2.73. The van der Waals surface area contributed by atoms with Crippen LogP contribution in [0.5, 0.6) is 5.75 Å². The van der Waals surface area contributed by atoms with Gasteiger partial charge in [0.2, 0.25) is 0 Å². The third kappa shape index (κ3) is 2.61. The zero-order chi connectivity index (χ0) is 14.8. The fraction of sp³-hybridized carbons (Fsp3) is 0.438. The van der Waals surface area contributed by atoms with E-state index in [9.17, 15) is 5.11 Å². The smallest absolute Gasteiger partial charge is 0.143 e. The number of aryl methyl sites for hydroxylation is 2. The molecule has 0 amide bonds. The van der Waals surface area contributed by atoms with Crippen LogP contribution in [0.2, 0.25) is 0 Å². The maximum absolute atomic E-state index is 9.43. The van der Waals surface area contributed by atoms with Gasteiger partial charge in [-0.2, -0.15) is 0 Å². The molecule has 1 atom stereocenters. The maximum atomic E-state index is 9.43. The molecule has 1 aromatic heterocycles. The molecule has 2 heterocycles. The van der Waals surface area contributed by atoms with Gasteiger partial charge < -0.3 is 19.3 Å². The summed E-state index contributed by atoms with van der Waals surface area (Å²) >= 11 is 0. The van der Waals surface area contributed by atoms with Gasteiger partial charge in [-0.3, -0.25) is 0 Å². The number of fused-ring (bicyclic) bond motifs is 1. The van der Waals surface area contributed by atoms with Gasteiger partial charge in [0.1, 0.15) is 17.6 Å². The molecule has 3 rings (SSSR count). The minimum Gasteiger partial charge on any atom is -0.484 e. The third-order valence-electron chi connectivity index (χ3n) is 3.88. The molecular formula is C16H20N2O3. The van der Waals surface area contributed by atoms with Crippen molar-refractivity contribution >= 4 is 5.69 Å². The molecule has 5 heteroatoms. The number of ether oxygens (including phenoxy) is 1. The van der Waals surface area contributed by atoms with E-state index in [1.54, 1.807) is 0 Å². The number of nitrogens with zero attached hydrogens (tertiary/aromatic N) is 2. The van der Waals surface area contributed by atoms with Crippen LogP contribution < -0.4 is 9.64 Å². The molecule has 1 aromatic carbocycles. The monoisotopic (exact) mass is 288 g/mol. The lowest BCUT2D eigenvalue weighted by atomic mass is 10.1. The summed E-state index contributed by atoms with van der Waals surface area (Å²) in [5.74, 6) is 1.67. The Morgan fingerprint density at radius 1 is 1.38 bits per heavy atom. The number of benzene rings is 1. The van der Waals surface area contributed by atoms with Crippen molar-refractivity contribution in [1.82, 2.24) is 5.16 Å². The highest BCUT2D eigenvalue weighted by molar-refractivity contribution is 5.60. The lowest BCUT2D eigenvalue weighted by molar-refractivity contribution is 0.112.